The number of aryl methyl sites for hydroxylation is 1. The molecule has 0 aromatic carbocycles. The van der Waals surface area contributed by atoms with Gasteiger partial charge in [0.15, 0.2) is 0 Å². The summed E-state index contributed by atoms with van der Waals surface area (Å²) in [5, 5.41) is 0. The Bertz CT molecular complexity index is 460. The van der Waals surface area contributed by atoms with Crippen LogP contribution < -0.4 is 0 Å². The van der Waals surface area contributed by atoms with E-state index < -0.39 is 0 Å². The molecule has 0 spiro atoms. The maximum atomic E-state index is 12.9. The highest BCUT2D eigenvalue weighted by Gasteiger charge is 2.39. The van der Waals surface area contributed by atoms with Gasteiger partial charge in [-0.15, -0.1) is 0 Å². The SMILES string of the molecule is CCC(C)(C(=O)c1cnc(C)n1C)N1CCCCC1. The predicted molar refractivity (Wildman–Crippen MR) is 76.4 cm³/mol. The van der Waals surface area contributed by atoms with Crippen LogP contribution in [0, 0.1) is 6.92 Å². The van der Waals surface area contributed by atoms with Crippen LogP contribution in [0.3, 0.4) is 0 Å². The molecular formula is C15H25N3O. The molecular weight excluding hydrogens is 238 g/mol. The molecule has 0 bridgehead atoms. The molecule has 1 aliphatic rings. The summed E-state index contributed by atoms with van der Waals surface area (Å²) in [7, 11) is 1.92. The zero-order valence-electron chi connectivity index (χ0n) is 12.6. The first-order valence-corrected chi connectivity index (χ1v) is 7.29. The molecule has 106 valence electrons. The van der Waals surface area contributed by atoms with Gasteiger partial charge in [-0.1, -0.05) is 13.3 Å². The lowest BCUT2D eigenvalue weighted by Crippen LogP contribution is -2.54. The molecule has 1 saturated heterocycles. The molecule has 4 nitrogen and oxygen atoms in total. The van der Waals surface area contributed by atoms with E-state index in [1.807, 2.05) is 18.5 Å². The number of ketones is 1. The summed E-state index contributed by atoms with van der Waals surface area (Å²) in [5.41, 5.74) is 0.341. The van der Waals surface area contributed by atoms with Crippen LogP contribution in [0.1, 0.15) is 55.8 Å². The molecule has 2 heterocycles. The van der Waals surface area contributed by atoms with Crippen LogP contribution in [-0.4, -0.2) is 38.9 Å². The van der Waals surface area contributed by atoms with Gasteiger partial charge in [0.05, 0.1) is 11.7 Å². The summed E-state index contributed by atoms with van der Waals surface area (Å²) in [4.78, 5) is 19.5. The van der Waals surface area contributed by atoms with Crippen molar-refractivity contribution in [1.82, 2.24) is 14.5 Å². The summed E-state index contributed by atoms with van der Waals surface area (Å²) >= 11 is 0. The average Bonchev–Trinajstić information content (AvgIpc) is 2.78. The zero-order valence-corrected chi connectivity index (χ0v) is 12.6. The quantitative estimate of drug-likeness (QED) is 0.784. The summed E-state index contributed by atoms with van der Waals surface area (Å²) in [6.45, 7) is 8.19. The van der Waals surface area contributed by atoms with Crippen molar-refractivity contribution in [3.8, 4) is 0 Å². The third-order valence-corrected chi connectivity index (χ3v) is 4.68. The molecule has 0 saturated carbocycles. The first-order chi connectivity index (χ1) is 9.00. The van der Waals surface area contributed by atoms with Crippen LogP contribution in [0.5, 0.6) is 0 Å². The Morgan fingerprint density at radius 2 is 2.00 bits per heavy atom. The molecule has 1 aromatic heterocycles. The summed E-state index contributed by atoms with van der Waals surface area (Å²) in [5.74, 6) is 1.10. The number of hydrogen-bond donors (Lipinski definition) is 0. The molecule has 0 aliphatic carbocycles. The third-order valence-electron chi connectivity index (χ3n) is 4.68. The second kappa shape index (κ2) is 5.45. The number of rotatable bonds is 4. The zero-order chi connectivity index (χ0) is 14.0. The van der Waals surface area contributed by atoms with Crippen LogP contribution in [-0.2, 0) is 7.05 Å². The molecule has 0 radical (unpaired) electrons. The molecule has 1 atom stereocenters. The fraction of sp³-hybridized carbons (Fsp3) is 0.733. The van der Waals surface area contributed by atoms with E-state index in [1.165, 1.54) is 19.3 Å². The number of imidazole rings is 1. The highest BCUT2D eigenvalue weighted by molar-refractivity contribution is 6.01. The summed E-state index contributed by atoms with van der Waals surface area (Å²) in [6, 6.07) is 0. The Hall–Kier alpha value is -1.16. The largest absolute Gasteiger partial charge is 0.329 e. The van der Waals surface area contributed by atoms with E-state index in [9.17, 15) is 4.79 Å². The number of piperidine rings is 1. The Kier molecular flexibility index (Phi) is 4.09. The summed E-state index contributed by atoms with van der Waals surface area (Å²) in [6.07, 6.45) is 6.25. The average molecular weight is 263 g/mol. The maximum absolute atomic E-state index is 12.9. The van der Waals surface area contributed by atoms with E-state index in [0.29, 0.717) is 0 Å². The van der Waals surface area contributed by atoms with Gasteiger partial charge in [0.2, 0.25) is 5.78 Å². The van der Waals surface area contributed by atoms with E-state index in [1.54, 1.807) is 6.20 Å². The number of carbonyl (C=O) groups excluding carboxylic acids is 1. The van der Waals surface area contributed by atoms with Gasteiger partial charge in [0.1, 0.15) is 11.5 Å². The van der Waals surface area contributed by atoms with Crippen molar-refractivity contribution in [2.24, 2.45) is 7.05 Å². The first-order valence-electron chi connectivity index (χ1n) is 7.29. The number of carbonyl (C=O) groups is 1. The standard InChI is InChI=1S/C15H25N3O/c1-5-15(3,18-9-7-6-8-10-18)14(19)13-11-16-12(2)17(13)4/h11H,5-10H2,1-4H3. The molecule has 2 rings (SSSR count). The lowest BCUT2D eigenvalue weighted by Gasteiger charge is -2.41. The first kappa shape index (κ1) is 14.3. The van der Waals surface area contributed by atoms with Crippen LogP contribution in [0.25, 0.3) is 0 Å². The van der Waals surface area contributed by atoms with Gasteiger partial charge in [-0.05, 0) is 46.2 Å². The summed E-state index contributed by atoms with van der Waals surface area (Å²) < 4.78 is 1.90. The normalized spacial score (nSPS) is 20.2. The minimum Gasteiger partial charge on any atom is -0.329 e. The maximum Gasteiger partial charge on any atom is 0.200 e. The van der Waals surface area contributed by atoms with Gasteiger partial charge in [-0.3, -0.25) is 9.69 Å². The molecule has 0 N–H and O–H groups in total. The Balaban J connectivity index is 2.29. The minimum atomic E-state index is -0.388. The van der Waals surface area contributed by atoms with Crippen molar-refractivity contribution < 1.29 is 4.79 Å². The van der Waals surface area contributed by atoms with E-state index in [4.69, 9.17) is 0 Å². The molecule has 19 heavy (non-hydrogen) atoms. The lowest BCUT2D eigenvalue weighted by atomic mass is 9.87. The van der Waals surface area contributed by atoms with E-state index in [2.05, 4.69) is 23.7 Å². The lowest BCUT2D eigenvalue weighted by molar-refractivity contribution is 0.0497. The molecule has 1 aliphatic heterocycles. The van der Waals surface area contributed by atoms with E-state index in [0.717, 1.165) is 31.0 Å². The van der Waals surface area contributed by atoms with Crippen molar-refractivity contribution in [3.05, 3.63) is 17.7 Å². The van der Waals surface area contributed by atoms with E-state index in [-0.39, 0.29) is 11.3 Å². The molecule has 1 unspecified atom stereocenters. The van der Waals surface area contributed by atoms with Crippen molar-refractivity contribution in [1.29, 1.82) is 0 Å². The van der Waals surface area contributed by atoms with Crippen LogP contribution in [0.2, 0.25) is 0 Å². The number of aromatic nitrogens is 2. The Morgan fingerprint density at radius 3 is 2.47 bits per heavy atom. The monoisotopic (exact) mass is 263 g/mol. The van der Waals surface area contributed by atoms with Gasteiger partial charge in [0, 0.05) is 7.05 Å². The van der Waals surface area contributed by atoms with Crippen molar-refractivity contribution in [2.75, 3.05) is 13.1 Å². The molecule has 1 aromatic rings. The van der Waals surface area contributed by atoms with Crippen molar-refractivity contribution >= 4 is 5.78 Å². The van der Waals surface area contributed by atoms with Crippen LogP contribution >= 0.6 is 0 Å². The molecule has 1 fully saturated rings. The Labute approximate surface area is 115 Å². The van der Waals surface area contributed by atoms with Crippen molar-refractivity contribution in [3.63, 3.8) is 0 Å². The molecule has 4 heteroatoms. The third kappa shape index (κ3) is 2.46. The highest BCUT2D eigenvalue weighted by atomic mass is 16.1. The predicted octanol–water partition coefficient (Wildman–Crippen LogP) is 2.57. The number of Topliss-reactive ketones (excluding diaryl/α,β-unsaturated/α-hetero) is 1. The minimum absolute atomic E-state index is 0.208. The highest BCUT2D eigenvalue weighted by Crippen LogP contribution is 2.28. The Morgan fingerprint density at radius 1 is 1.37 bits per heavy atom. The van der Waals surface area contributed by atoms with E-state index >= 15 is 0 Å². The number of likely N-dealkylation sites (tertiary alicyclic amines) is 1. The van der Waals surface area contributed by atoms with Gasteiger partial charge < -0.3 is 4.57 Å². The van der Waals surface area contributed by atoms with Gasteiger partial charge in [-0.2, -0.15) is 0 Å². The topological polar surface area (TPSA) is 38.1 Å². The van der Waals surface area contributed by atoms with Crippen molar-refractivity contribution in [2.45, 2.75) is 52.0 Å². The van der Waals surface area contributed by atoms with Gasteiger partial charge in [0.25, 0.3) is 0 Å². The fourth-order valence-electron chi connectivity index (χ4n) is 2.90. The van der Waals surface area contributed by atoms with Gasteiger partial charge in [-0.25, -0.2) is 4.98 Å². The molecule has 0 amide bonds. The van der Waals surface area contributed by atoms with Crippen LogP contribution in [0.15, 0.2) is 6.20 Å². The smallest absolute Gasteiger partial charge is 0.200 e. The number of hydrogen-bond acceptors (Lipinski definition) is 3. The fourth-order valence-corrected chi connectivity index (χ4v) is 2.90. The number of nitrogens with zero attached hydrogens (tertiary/aromatic N) is 3. The second-order valence-electron chi connectivity index (χ2n) is 5.75. The van der Waals surface area contributed by atoms with Crippen LogP contribution in [0.4, 0.5) is 0 Å². The van der Waals surface area contributed by atoms with Gasteiger partial charge >= 0.3 is 0 Å². The second-order valence-corrected chi connectivity index (χ2v) is 5.75.